The van der Waals surface area contributed by atoms with Crippen LogP contribution >= 0.6 is 23.4 Å². The van der Waals surface area contributed by atoms with Crippen molar-refractivity contribution < 1.29 is 28.8 Å². The number of carbonyl (C=O) groups is 3. The molecule has 12 heteroatoms. The molecule has 2 amide bonds. The van der Waals surface area contributed by atoms with Crippen molar-refractivity contribution in [3.05, 3.63) is 63.2 Å². The van der Waals surface area contributed by atoms with E-state index in [1.165, 1.54) is 25.3 Å². The van der Waals surface area contributed by atoms with Crippen molar-refractivity contribution in [3.63, 3.8) is 0 Å². The van der Waals surface area contributed by atoms with Crippen LogP contribution in [0.5, 0.6) is 0 Å². The van der Waals surface area contributed by atoms with E-state index < -0.39 is 23.4 Å². The van der Waals surface area contributed by atoms with Crippen LogP contribution in [0.25, 0.3) is 0 Å². The Hall–Kier alpha value is -3.15. The van der Waals surface area contributed by atoms with Gasteiger partial charge in [0, 0.05) is 30.7 Å². The first-order valence-electron chi connectivity index (χ1n) is 9.20. The second-order valence-corrected chi connectivity index (χ2v) is 7.60. The number of thioether (sulfide) groups is 1. The van der Waals surface area contributed by atoms with Crippen molar-refractivity contribution in [1.29, 1.82) is 0 Å². The van der Waals surface area contributed by atoms with Crippen molar-refractivity contribution in [2.45, 2.75) is 4.90 Å². The van der Waals surface area contributed by atoms with Gasteiger partial charge < -0.3 is 20.1 Å². The van der Waals surface area contributed by atoms with E-state index in [1.807, 2.05) is 0 Å². The Bertz CT molecular complexity index is 1000. The standard InChI is InChI=1S/C20H20ClN3O7S/c1-30-9-8-22-19(26)12-32-17-5-3-2-4-14(17)20(27)31-11-18(25)23-16-10-13(24(28)29)6-7-15(16)21/h2-7,10H,8-9,11-12H2,1H3,(H,22,26)(H,23,25). The molecule has 0 fully saturated rings. The Morgan fingerprint density at radius 3 is 2.62 bits per heavy atom. The summed E-state index contributed by atoms with van der Waals surface area (Å²) in [6.07, 6.45) is 0. The summed E-state index contributed by atoms with van der Waals surface area (Å²) in [5.41, 5.74) is -0.0281. The Kier molecular flexibility index (Phi) is 9.92. The molecule has 0 bridgehead atoms. The van der Waals surface area contributed by atoms with E-state index in [1.54, 1.807) is 18.2 Å². The molecule has 0 saturated carbocycles. The SMILES string of the molecule is COCCNC(=O)CSc1ccccc1C(=O)OCC(=O)Nc1cc([N+](=O)[O-])ccc1Cl. The molecule has 0 spiro atoms. The van der Waals surface area contributed by atoms with Gasteiger partial charge in [-0.2, -0.15) is 0 Å². The number of halogens is 1. The van der Waals surface area contributed by atoms with Crippen LogP contribution in [0.4, 0.5) is 11.4 Å². The van der Waals surface area contributed by atoms with Crippen molar-refractivity contribution in [2.75, 3.05) is 37.9 Å². The molecule has 0 unspecified atom stereocenters. The number of nitrogens with one attached hydrogen (secondary N) is 2. The first kappa shape index (κ1) is 25.1. The van der Waals surface area contributed by atoms with Crippen LogP contribution in [0.1, 0.15) is 10.4 Å². The summed E-state index contributed by atoms with van der Waals surface area (Å²) in [6, 6.07) is 10.1. The minimum atomic E-state index is -0.756. The number of non-ortho nitro benzene ring substituents is 1. The molecule has 0 aromatic heterocycles. The number of methoxy groups -OCH3 is 1. The molecular formula is C20H20ClN3O7S. The number of nitrogens with zero attached hydrogens (tertiary/aromatic N) is 1. The van der Waals surface area contributed by atoms with Crippen LogP contribution in [0, 0.1) is 10.1 Å². The van der Waals surface area contributed by atoms with Gasteiger partial charge in [-0.05, 0) is 18.2 Å². The molecule has 0 atom stereocenters. The number of esters is 1. The van der Waals surface area contributed by atoms with E-state index in [0.29, 0.717) is 18.0 Å². The Balaban J connectivity index is 1.93. The minimum absolute atomic E-state index is 0.0253. The van der Waals surface area contributed by atoms with Crippen LogP contribution < -0.4 is 10.6 Å². The maximum absolute atomic E-state index is 12.4. The Labute approximate surface area is 192 Å². The van der Waals surface area contributed by atoms with Gasteiger partial charge in [0.2, 0.25) is 5.91 Å². The van der Waals surface area contributed by atoms with Gasteiger partial charge in [-0.15, -0.1) is 11.8 Å². The monoisotopic (exact) mass is 481 g/mol. The fraction of sp³-hybridized carbons (Fsp3) is 0.250. The molecule has 10 nitrogen and oxygen atoms in total. The molecule has 0 aliphatic rings. The molecule has 2 aromatic rings. The van der Waals surface area contributed by atoms with E-state index in [-0.39, 0.29) is 33.6 Å². The largest absolute Gasteiger partial charge is 0.452 e. The zero-order valence-corrected chi connectivity index (χ0v) is 18.5. The van der Waals surface area contributed by atoms with E-state index in [9.17, 15) is 24.5 Å². The average Bonchev–Trinajstić information content (AvgIpc) is 2.77. The molecule has 2 rings (SSSR count). The lowest BCUT2D eigenvalue weighted by molar-refractivity contribution is -0.384. The summed E-state index contributed by atoms with van der Waals surface area (Å²) in [5.74, 6) is -1.61. The van der Waals surface area contributed by atoms with Gasteiger partial charge in [0.25, 0.3) is 11.6 Å². The van der Waals surface area contributed by atoms with Gasteiger partial charge in [-0.3, -0.25) is 19.7 Å². The number of nitro groups is 1. The Morgan fingerprint density at radius 2 is 1.91 bits per heavy atom. The number of hydrogen-bond donors (Lipinski definition) is 2. The molecule has 170 valence electrons. The summed E-state index contributed by atoms with van der Waals surface area (Å²) in [4.78, 5) is 47.2. The molecular weight excluding hydrogens is 462 g/mol. The van der Waals surface area contributed by atoms with Crippen molar-refractivity contribution >= 4 is 52.5 Å². The van der Waals surface area contributed by atoms with Crippen molar-refractivity contribution in [2.24, 2.45) is 0 Å². The highest BCUT2D eigenvalue weighted by Gasteiger charge is 2.17. The lowest BCUT2D eigenvalue weighted by atomic mass is 10.2. The number of anilines is 1. The number of benzene rings is 2. The van der Waals surface area contributed by atoms with Crippen LogP contribution in [0.3, 0.4) is 0 Å². The number of nitro benzene ring substituents is 1. The average molecular weight is 482 g/mol. The molecule has 0 saturated heterocycles. The summed E-state index contributed by atoms with van der Waals surface area (Å²) >= 11 is 7.09. The topological polar surface area (TPSA) is 137 Å². The fourth-order valence-corrected chi connectivity index (χ4v) is 3.40. The second-order valence-electron chi connectivity index (χ2n) is 6.17. The van der Waals surface area contributed by atoms with Gasteiger partial charge >= 0.3 is 5.97 Å². The quantitative estimate of drug-likeness (QED) is 0.164. The van der Waals surface area contributed by atoms with E-state index in [0.717, 1.165) is 17.8 Å². The molecule has 2 N–H and O–H groups in total. The van der Waals surface area contributed by atoms with Gasteiger partial charge in [0.15, 0.2) is 6.61 Å². The summed E-state index contributed by atoms with van der Waals surface area (Å²) in [5, 5.41) is 16.0. The maximum Gasteiger partial charge on any atom is 0.339 e. The summed E-state index contributed by atoms with van der Waals surface area (Å²) < 4.78 is 9.91. The third kappa shape index (κ3) is 7.84. The minimum Gasteiger partial charge on any atom is -0.452 e. The van der Waals surface area contributed by atoms with Crippen molar-refractivity contribution in [1.82, 2.24) is 5.32 Å². The summed E-state index contributed by atoms with van der Waals surface area (Å²) in [7, 11) is 1.53. The molecule has 2 aromatic carbocycles. The van der Waals surface area contributed by atoms with Gasteiger partial charge in [0.1, 0.15) is 0 Å². The lowest BCUT2D eigenvalue weighted by Crippen LogP contribution is -2.28. The van der Waals surface area contributed by atoms with Gasteiger partial charge in [-0.1, -0.05) is 23.7 Å². The number of hydrogen-bond acceptors (Lipinski definition) is 8. The van der Waals surface area contributed by atoms with E-state index in [2.05, 4.69) is 10.6 Å². The van der Waals surface area contributed by atoms with Crippen LogP contribution in [0.15, 0.2) is 47.4 Å². The lowest BCUT2D eigenvalue weighted by Gasteiger charge is -2.10. The predicted octanol–water partition coefficient (Wildman–Crippen LogP) is 2.90. The number of rotatable bonds is 11. The van der Waals surface area contributed by atoms with E-state index >= 15 is 0 Å². The van der Waals surface area contributed by atoms with Crippen LogP contribution in [-0.2, 0) is 19.1 Å². The highest BCUT2D eigenvalue weighted by molar-refractivity contribution is 8.00. The molecule has 0 aliphatic heterocycles. The van der Waals surface area contributed by atoms with Crippen LogP contribution in [-0.4, -0.2) is 55.3 Å². The molecule has 0 heterocycles. The highest BCUT2D eigenvalue weighted by atomic mass is 35.5. The number of ether oxygens (including phenoxy) is 2. The zero-order chi connectivity index (χ0) is 23.5. The van der Waals surface area contributed by atoms with Gasteiger partial charge in [0.05, 0.1) is 33.6 Å². The first-order chi connectivity index (χ1) is 15.3. The predicted molar refractivity (Wildman–Crippen MR) is 119 cm³/mol. The van der Waals surface area contributed by atoms with E-state index in [4.69, 9.17) is 21.1 Å². The molecule has 32 heavy (non-hydrogen) atoms. The first-order valence-corrected chi connectivity index (χ1v) is 10.6. The zero-order valence-electron chi connectivity index (χ0n) is 17.0. The number of amides is 2. The molecule has 0 radical (unpaired) electrons. The fourth-order valence-electron chi connectivity index (χ4n) is 2.37. The third-order valence-electron chi connectivity index (χ3n) is 3.86. The third-order valence-corrected chi connectivity index (χ3v) is 5.27. The highest BCUT2D eigenvalue weighted by Crippen LogP contribution is 2.27. The maximum atomic E-state index is 12.4. The summed E-state index contributed by atoms with van der Waals surface area (Å²) in [6.45, 7) is 0.139. The smallest absolute Gasteiger partial charge is 0.339 e. The van der Waals surface area contributed by atoms with Crippen LogP contribution in [0.2, 0.25) is 5.02 Å². The van der Waals surface area contributed by atoms with Gasteiger partial charge in [-0.25, -0.2) is 4.79 Å². The molecule has 0 aliphatic carbocycles. The second kappa shape index (κ2) is 12.6. The normalized spacial score (nSPS) is 10.3. The Morgan fingerprint density at radius 1 is 1.16 bits per heavy atom. The van der Waals surface area contributed by atoms with Crippen molar-refractivity contribution in [3.8, 4) is 0 Å². The number of carbonyl (C=O) groups excluding carboxylic acids is 3.